The minimum atomic E-state index is -3.67. The van der Waals surface area contributed by atoms with Crippen LogP contribution in [0.1, 0.15) is 16.0 Å². The highest BCUT2D eigenvalue weighted by atomic mass is 32.2. The van der Waals surface area contributed by atoms with Gasteiger partial charge in [0, 0.05) is 23.5 Å². The number of aryl methyl sites for hydroxylation is 1. The van der Waals surface area contributed by atoms with E-state index in [9.17, 15) is 12.8 Å². The Labute approximate surface area is 121 Å². The summed E-state index contributed by atoms with van der Waals surface area (Å²) in [4.78, 5) is 0.975. The maximum Gasteiger partial charge on any atom is 0.240 e. The van der Waals surface area contributed by atoms with Crippen LogP contribution in [0, 0.1) is 12.7 Å². The second kappa shape index (κ2) is 6.01. The van der Waals surface area contributed by atoms with Crippen LogP contribution in [0.2, 0.25) is 0 Å². The highest BCUT2D eigenvalue weighted by molar-refractivity contribution is 7.89. The molecule has 1 aromatic heterocycles. The van der Waals surface area contributed by atoms with E-state index >= 15 is 0 Å². The second-order valence-electron chi connectivity index (χ2n) is 4.31. The average molecular weight is 314 g/mol. The van der Waals surface area contributed by atoms with Crippen LogP contribution >= 0.6 is 11.3 Å². The molecule has 20 heavy (non-hydrogen) atoms. The molecule has 0 atom stereocenters. The summed E-state index contributed by atoms with van der Waals surface area (Å²) in [7, 11) is -3.67. The molecule has 0 saturated heterocycles. The predicted octanol–water partition coefficient (Wildman–Crippen LogP) is 2.13. The average Bonchev–Trinajstić information content (AvgIpc) is 2.82. The third-order valence-electron chi connectivity index (χ3n) is 2.94. The van der Waals surface area contributed by atoms with Crippen molar-refractivity contribution in [3.05, 3.63) is 51.5 Å². The van der Waals surface area contributed by atoms with Gasteiger partial charge in [0.15, 0.2) is 0 Å². The third-order valence-corrected chi connectivity index (χ3v) is 5.36. The lowest BCUT2D eigenvalue weighted by molar-refractivity contribution is 0.579. The number of hydrogen-bond donors (Lipinski definition) is 2. The molecule has 0 bridgehead atoms. The van der Waals surface area contributed by atoms with E-state index in [0.717, 1.165) is 16.5 Å². The van der Waals surface area contributed by atoms with Crippen LogP contribution in [0.5, 0.6) is 0 Å². The summed E-state index contributed by atoms with van der Waals surface area (Å²) in [5.74, 6) is -0.499. The Morgan fingerprint density at radius 1 is 1.35 bits per heavy atom. The molecule has 0 saturated carbocycles. The molecule has 0 radical (unpaired) electrons. The zero-order valence-electron chi connectivity index (χ0n) is 10.9. The second-order valence-corrected chi connectivity index (χ2v) is 7.08. The molecule has 0 amide bonds. The molecule has 0 aliphatic carbocycles. The number of benzene rings is 1. The van der Waals surface area contributed by atoms with Crippen molar-refractivity contribution in [3.63, 3.8) is 0 Å². The molecule has 1 aromatic carbocycles. The molecule has 0 fully saturated rings. The number of hydrogen-bond acceptors (Lipinski definition) is 4. The van der Waals surface area contributed by atoms with Gasteiger partial charge in [-0.15, -0.1) is 11.3 Å². The number of nitrogens with two attached hydrogens (primary N) is 1. The van der Waals surface area contributed by atoms with E-state index in [-0.39, 0.29) is 23.5 Å². The van der Waals surface area contributed by atoms with Crippen molar-refractivity contribution in [1.82, 2.24) is 4.72 Å². The maximum absolute atomic E-state index is 13.3. The van der Waals surface area contributed by atoms with Gasteiger partial charge in [-0.2, -0.15) is 0 Å². The van der Waals surface area contributed by atoms with E-state index in [4.69, 9.17) is 5.73 Å². The SMILES string of the molecule is Cc1ccsc1CNS(=O)(=O)c1ccc(F)c(CN)c1. The number of thiophene rings is 1. The zero-order valence-corrected chi connectivity index (χ0v) is 12.5. The summed E-state index contributed by atoms with van der Waals surface area (Å²) in [5.41, 5.74) is 6.60. The van der Waals surface area contributed by atoms with Gasteiger partial charge in [-0.3, -0.25) is 0 Å². The summed E-state index contributed by atoms with van der Waals surface area (Å²) >= 11 is 1.49. The Hall–Kier alpha value is -1.28. The van der Waals surface area contributed by atoms with Crippen molar-refractivity contribution in [2.45, 2.75) is 24.9 Å². The van der Waals surface area contributed by atoms with E-state index in [1.807, 2.05) is 18.4 Å². The van der Waals surface area contributed by atoms with Crippen molar-refractivity contribution >= 4 is 21.4 Å². The number of sulfonamides is 1. The van der Waals surface area contributed by atoms with Crippen molar-refractivity contribution in [3.8, 4) is 0 Å². The van der Waals surface area contributed by atoms with E-state index in [2.05, 4.69) is 4.72 Å². The zero-order chi connectivity index (χ0) is 14.8. The first kappa shape index (κ1) is 15.1. The van der Waals surface area contributed by atoms with E-state index < -0.39 is 15.8 Å². The van der Waals surface area contributed by atoms with Crippen LogP contribution in [-0.2, 0) is 23.1 Å². The Morgan fingerprint density at radius 3 is 2.70 bits per heavy atom. The van der Waals surface area contributed by atoms with Gasteiger partial charge in [-0.25, -0.2) is 17.5 Å². The van der Waals surface area contributed by atoms with Gasteiger partial charge < -0.3 is 5.73 Å². The van der Waals surface area contributed by atoms with Gasteiger partial charge in [0.1, 0.15) is 5.82 Å². The van der Waals surface area contributed by atoms with Gasteiger partial charge in [0.25, 0.3) is 0 Å². The molecule has 0 unspecified atom stereocenters. The molecule has 4 nitrogen and oxygen atoms in total. The molecule has 7 heteroatoms. The molecule has 108 valence electrons. The van der Waals surface area contributed by atoms with Crippen molar-refractivity contribution in [2.75, 3.05) is 0 Å². The standard InChI is InChI=1S/C13H15FN2O2S2/c1-9-4-5-19-13(9)8-16-20(17,18)11-2-3-12(14)10(6-11)7-15/h2-6,16H,7-8,15H2,1H3. The molecule has 3 N–H and O–H groups in total. The lowest BCUT2D eigenvalue weighted by atomic mass is 10.2. The molecule has 2 aromatic rings. The van der Waals surface area contributed by atoms with Crippen molar-refractivity contribution in [1.29, 1.82) is 0 Å². The third kappa shape index (κ3) is 3.24. The monoisotopic (exact) mass is 314 g/mol. The van der Waals surface area contributed by atoms with E-state index in [1.165, 1.54) is 23.5 Å². The maximum atomic E-state index is 13.3. The Morgan fingerprint density at radius 2 is 2.10 bits per heavy atom. The van der Waals surface area contributed by atoms with Crippen LogP contribution in [0.4, 0.5) is 4.39 Å². The summed E-state index contributed by atoms with van der Waals surface area (Å²) in [6.07, 6.45) is 0. The number of rotatable bonds is 5. The Balaban J connectivity index is 2.20. The van der Waals surface area contributed by atoms with Crippen LogP contribution in [-0.4, -0.2) is 8.42 Å². The highest BCUT2D eigenvalue weighted by Gasteiger charge is 2.16. The molecule has 0 spiro atoms. The first-order valence-electron chi connectivity index (χ1n) is 5.95. The fourth-order valence-electron chi connectivity index (χ4n) is 1.70. The fraction of sp³-hybridized carbons (Fsp3) is 0.231. The molecule has 0 aliphatic rings. The smallest absolute Gasteiger partial charge is 0.240 e. The van der Waals surface area contributed by atoms with Crippen LogP contribution in [0.15, 0.2) is 34.5 Å². The first-order valence-corrected chi connectivity index (χ1v) is 8.31. The number of halogens is 1. The van der Waals surface area contributed by atoms with Gasteiger partial charge in [0.05, 0.1) is 4.90 Å². The molecular formula is C13H15FN2O2S2. The molecule has 1 heterocycles. The van der Waals surface area contributed by atoms with Gasteiger partial charge in [-0.05, 0) is 42.1 Å². The Bertz CT molecular complexity index is 711. The van der Waals surface area contributed by atoms with Crippen molar-refractivity contribution < 1.29 is 12.8 Å². The lowest BCUT2D eigenvalue weighted by Crippen LogP contribution is -2.23. The normalized spacial score (nSPS) is 11.8. The highest BCUT2D eigenvalue weighted by Crippen LogP contribution is 2.18. The van der Waals surface area contributed by atoms with Gasteiger partial charge >= 0.3 is 0 Å². The molecular weight excluding hydrogens is 299 g/mol. The minimum Gasteiger partial charge on any atom is -0.326 e. The van der Waals surface area contributed by atoms with Crippen LogP contribution < -0.4 is 10.5 Å². The lowest BCUT2D eigenvalue weighted by Gasteiger charge is -2.08. The van der Waals surface area contributed by atoms with Gasteiger partial charge in [-0.1, -0.05) is 0 Å². The first-order chi connectivity index (χ1) is 9.44. The predicted molar refractivity (Wildman–Crippen MR) is 77.4 cm³/mol. The van der Waals surface area contributed by atoms with Gasteiger partial charge in [0.2, 0.25) is 10.0 Å². The topological polar surface area (TPSA) is 72.2 Å². The molecule has 2 rings (SSSR count). The Kier molecular flexibility index (Phi) is 4.54. The largest absolute Gasteiger partial charge is 0.326 e. The summed E-state index contributed by atoms with van der Waals surface area (Å²) in [6, 6.07) is 5.54. The summed E-state index contributed by atoms with van der Waals surface area (Å²) < 4.78 is 40.1. The number of nitrogens with one attached hydrogen (secondary N) is 1. The summed E-state index contributed by atoms with van der Waals surface area (Å²) in [6.45, 7) is 2.10. The summed E-state index contributed by atoms with van der Waals surface area (Å²) in [5, 5.41) is 1.91. The fourth-order valence-corrected chi connectivity index (χ4v) is 3.69. The van der Waals surface area contributed by atoms with E-state index in [1.54, 1.807) is 0 Å². The van der Waals surface area contributed by atoms with Crippen LogP contribution in [0.3, 0.4) is 0 Å². The van der Waals surface area contributed by atoms with Crippen molar-refractivity contribution in [2.24, 2.45) is 5.73 Å². The van der Waals surface area contributed by atoms with E-state index in [0.29, 0.717) is 0 Å². The van der Waals surface area contributed by atoms with Crippen LogP contribution in [0.25, 0.3) is 0 Å². The minimum absolute atomic E-state index is 0.0218. The molecule has 0 aliphatic heterocycles. The quantitative estimate of drug-likeness (QED) is 0.888.